The van der Waals surface area contributed by atoms with Crippen LogP contribution >= 0.6 is 15.9 Å². The summed E-state index contributed by atoms with van der Waals surface area (Å²) in [4.78, 5) is 0. The first-order chi connectivity index (χ1) is 10.2. The lowest BCUT2D eigenvalue weighted by Crippen LogP contribution is -2.15. The normalized spacial score (nSPS) is 12.7. The first-order valence-electron chi connectivity index (χ1n) is 7.17. The number of nitrogens with two attached hydrogens (primary N) is 1. The van der Waals surface area contributed by atoms with Crippen molar-refractivity contribution in [3.8, 4) is 0 Å². The van der Waals surface area contributed by atoms with Crippen molar-refractivity contribution in [2.24, 2.45) is 12.8 Å². The fourth-order valence-electron chi connectivity index (χ4n) is 2.95. The van der Waals surface area contributed by atoms with Crippen LogP contribution in [0.5, 0.6) is 0 Å². The highest BCUT2D eigenvalue weighted by atomic mass is 79.9. The number of aryl methyl sites for hydroxylation is 1. The predicted octanol–water partition coefficient (Wildman–Crippen LogP) is 4.23. The molecule has 0 aliphatic carbocycles. The average Bonchev–Trinajstić information content (AvgIpc) is 2.82. The first kappa shape index (κ1) is 14.4. The molecule has 0 fully saturated rings. The van der Waals surface area contributed by atoms with Gasteiger partial charge in [0.25, 0.3) is 0 Å². The molecule has 3 heteroatoms. The maximum Gasteiger partial charge on any atom is 0.0480 e. The van der Waals surface area contributed by atoms with E-state index in [1.54, 1.807) is 0 Å². The summed E-state index contributed by atoms with van der Waals surface area (Å²) in [7, 11) is 2.10. The maximum absolute atomic E-state index is 6.03. The molecule has 108 valence electrons. The van der Waals surface area contributed by atoms with Gasteiger partial charge in [0.15, 0.2) is 0 Å². The molecule has 1 unspecified atom stereocenters. The van der Waals surface area contributed by atoms with Gasteiger partial charge in [0.2, 0.25) is 0 Å². The molecule has 2 N–H and O–H groups in total. The molecule has 3 rings (SSSR count). The summed E-state index contributed by atoms with van der Waals surface area (Å²) >= 11 is 3.54. The largest absolute Gasteiger partial charge is 0.350 e. The summed E-state index contributed by atoms with van der Waals surface area (Å²) in [5.74, 6) is 0.341. The molecular formula is C18H19BrN2. The molecule has 0 saturated carbocycles. The Morgan fingerprint density at radius 3 is 2.71 bits per heavy atom. The van der Waals surface area contributed by atoms with Crippen molar-refractivity contribution >= 4 is 26.8 Å². The molecule has 0 aliphatic rings. The van der Waals surface area contributed by atoms with Crippen LogP contribution in [0.1, 0.15) is 17.0 Å². The first-order valence-corrected chi connectivity index (χ1v) is 7.97. The zero-order valence-electron chi connectivity index (χ0n) is 12.1. The second-order valence-corrected chi connectivity index (χ2v) is 6.39. The van der Waals surface area contributed by atoms with E-state index in [4.69, 9.17) is 5.73 Å². The van der Waals surface area contributed by atoms with E-state index >= 15 is 0 Å². The Labute approximate surface area is 133 Å². The Hall–Kier alpha value is -1.58. The molecule has 0 bridgehead atoms. The van der Waals surface area contributed by atoms with Gasteiger partial charge in [0, 0.05) is 34.5 Å². The summed E-state index contributed by atoms with van der Waals surface area (Å²) in [6.07, 6.45) is 3.19. The Balaban J connectivity index is 1.96. The molecule has 1 heterocycles. The molecule has 2 nitrogen and oxygen atoms in total. The third-order valence-electron chi connectivity index (χ3n) is 4.05. The summed E-state index contributed by atoms with van der Waals surface area (Å²) in [6.45, 7) is 0.652. The van der Waals surface area contributed by atoms with Crippen molar-refractivity contribution in [3.05, 3.63) is 70.3 Å². The minimum absolute atomic E-state index is 0.341. The van der Waals surface area contributed by atoms with E-state index in [9.17, 15) is 0 Å². The zero-order chi connectivity index (χ0) is 14.8. The Morgan fingerprint density at radius 2 is 1.95 bits per heavy atom. The average molecular weight is 343 g/mol. The van der Waals surface area contributed by atoms with Gasteiger partial charge >= 0.3 is 0 Å². The fourth-order valence-corrected chi connectivity index (χ4v) is 3.37. The predicted molar refractivity (Wildman–Crippen MR) is 92.6 cm³/mol. The minimum atomic E-state index is 0.341. The van der Waals surface area contributed by atoms with E-state index in [0.29, 0.717) is 12.5 Å². The van der Waals surface area contributed by atoms with Gasteiger partial charge in [-0.3, -0.25) is 0 Å². The molecular weight excluding hydrogens is 324 g/mol. The van der Waals surface area contributed by atoms with Crippen molar-refractivity contribution in [2.45, 2.75) is 12.3 Å². The van der Waals surface area contributed by atoms with Crippen molar-refractivity contribution in [3.63, 3.8) is 0 Å². The number of benzene rings is 2. The molecule has 0 amide bonds. The topological polar surface area (TPSA) is 30.9 Å². The highest BCUT2D eigenvalue weighted by molar-refractivity contribution is 9.10. The van der Waals surface area contributed by atoms with Gasteiger partial charge in [0.1, 0.15) is 0 Å². The molecule has 0 radical (unpaired) electrons. The molecule has 21 heavy (non-hydrogen) atoms. The molecule has 0 aliphatic heterocycles. The van der Waals surface area contributed by atoms with Crippen molar-refractivity contribution in [2.75, 3.05) is 6.54 Å². The van der Waals surface area contributed by atoms with Crippen molar-refractivity contribution < 1.29 is 0 Å². The number of nitrogens with zero attached hydrogens (tertiary/aromatic N) is 1. The van der Waals surface area contributed by atoms with Crippen LogP contribution in [0.4, 0.5) is 0 Å². The SMILES string of the molecule is Cn1cc(CC(CN)c2cccc(Br)c2)c2ccccc21. The molecule has 2 aromatic carbocycles. The molecule has 3 aromatic rings. The maximum atomic E-state index is 6.03. The smallest absolute Gasteiger partial charge is 0.0480 e. The lowest BCUT2D eigenvalue weighted by Gasteiger charge is -2.15. The van der Waals surface area contributed by atoms with Gasteiger partial charge in [-0.1, -0.05) is 46.3 Å². The van der Waals surface area contributed by atoms with Crippen LogP contribution in [-0.4, -0.2) is 11.1 Å². The molecule has 0 spiro atoms. The van der Waals surface area contributed by atoms with Crippen LogP contribution in [0.3, 0.4) is 0 Å². The van der Waals surface area contributed by atoms with Crippen LogP contribution < -0.4 is 5.73 Å². The monoisotopic (exact) mass is 342 g/mol. The van der Waals surface area contributed by atoms with E-state index < -0.39 is 0 Å². The quantitative estimate of drug-likeness (QED) is 0.755. The summed E-state index contributed by atoms with van der Waals surface area (Å²) in [6, 6.07) is 17.0. The lowest BCUT2D eigenvalue weighted by atomic mass is 9.92. The molecule has 0 saturated heterocycles. The van der Waals surface area contributed by atoms with Crippen molar-refractivity contribution in [1.82, 2.24) is 4.57 Å². The fraction of sp³-hybridized carbons (Fsp3) is 0.222. The van der Waals surface area contributed by atoms with Crippen LogP contribution in [-0.2, 0) is 13.5 Å². The van der Waals surface area contributed by atoms with E-state index in [0.717, 1.165) is 10.9 Å². The van der Waals surface area contributed by atoms with Crippen LogP contribution in [0.15, 0.2) is 59.2 Å². The Kier molecular flexibility index (Phi) is 4.13. The third kappa shape index (κ3) is 2.89. The number of rotatable bonds is 4. The van der Waals surface area contributed by atoms with Gasteiger partial charge in [-0.05, 0) is 42.3 Å². The molecule has 1 atom stereocenters. The summed E-state index contributed by atoms with van der Waals surface area (Å²) in [5, 5.41) is 1.33. The van der Waals surface area contributed by atoms with Crippen molar-refractivity contribution in [1.29, 1.82) is 0 Å². The second kappa shape index (κ2) is 6.04. The summed E-state index contributed by atoms with van der Waals surface area (Å²) in [5.41, 5.74) is 9.96. The second-order valence-electron chi connectivity index (χ2n) is 5.47. The number of hydrogen-bond donors (Lipinski definition) is 1. The number of halogens is 1. The number of aromatic nitrogens is 1. The number of para-hydroxylation sites is 1. The van der Waals surface area contributed by atoms with E-state index in [1.807, 2.05) is 0 Å². The van der Waals surface area contributed by atoms with Crippen LogP contribution in [0, 0.1) is 0 Å². The van der Waals surface area contributed by atoms with Crippen LogP contribution in [0.25, 0.3) is 10.9 Å². The Morgan fingerprint density at radius 1 is 1.14 bits per heavy atom. The number of fused-ring (bicyclic) bond motifs is 1. The zero-order valence-corrected chi connectivity index (χ0v) is 13.7. The van der Waals surface area contributed by atoms with Gasteiger partial charge in [-0.25, -0.2) is 0 Å². The third-order valence-corrected chi connectivity index (χ3v) is 4.54. The van der Waals surface area contributed by atoms with Gasteiger partial charge in [0.05, 0.1) is 0 Å². The van der Waals surface area contributed by atoms with E-state index in [-0.39, 0.29) is 0 Å². The Bertz CT molecular complexity index is 761. The van der Waals surface area contributed by atoms with E-state index in [1.165, 1.54) is 22.0 Å². The standard InChI is InChI=1S/C18H19BrN2/c1-21-12-15(17-7-2-3-8-18(17)21)9-14(11-20)13-5-4-6-16(19)10-13/h2-8,10,12,14H,9,11,20H2,1H3. The number of hydrogen-bond acceptors (Lipinski definition) is 1. The summed E-state index contributed by atoms with van der Waals surface area (Å²) < 4.78 is 3.30. The van der Waals surface area contributed by atoms with Crippen LogP contribution in [0.2, 0.25) is 0 Å². The highest BCUT2D eigenvalue weighted by Crippen LogP contribution is 2.27. The lowest BCUT2D eigenvalue weighted by molar-refractivity contribution is 0.695. The van der Waals surface area contributed by atoms with E-state index in [2.05, 4.69) is 82.3 Å². The highest BCUT2D eigenvalue weighted by Gasteiger charge is 2.14. The van der Waals surface area contributed by atoms with Gasteiger partial charge in [-0.15, -0.1) is 0 Å². The molecule has 1 aromatic heterocycles. The van der Waals surface area contributed by atoms with Gasteiger partial charge in [-0.2, -0.15) is 0 Å². The van der Waals surface area contributed by atoms with Gasteiger partial charge < -0.3 is 10.3 Å². The minimum Gasteiger partial charge on any atom is -0.350 e.